The predicted octanol–water partition coefficient (Wildman–Crippen LogP) is 2.63. The Hall–Kier alpha value is -2.13. The van der Waals surface area contributed by atoms with E-state index < -0.39 is 0 Å². The minimum Gasteiger partial charge on any atom is -0.346 e. The summed E-state index contributed by atoms with van der Waals surface area (Å²) in [6.07, 6.45) is 5.30. The molecule has 90 valence electrons. The van der Waals surface area contributed by atoms with Crippen LogP contribution in [0.2, 0.25) is 0 Å². The van der Waals surface area contributed by atoms with Crippen molar-refractivity contribution in [3.8, 4) is 11.8 Å². The fourth-order valence-corrected chi connectivity index (χ4v) is 1.66. The Balaban J connectivity index is 0.000000574. The first-order valence-corrected chi connectivity index (χ1v) is 6.73. The molecule has 0 saturated carbocycles. The van der Waals surface area contributed by atoms with Crippen LogP contribution in [0.4, 0.5) is 0 Å². The van der Waals surface area contributed by atoms with E-state index in [1.165, 1.54) is 0 Å². The zero-order valence-electron chi connectivity index (χ0n) is 9.63. The van der Waals surface area contributed by atoms with Gasteiger partial charge in [0.2, 0.25) is 0 Å². The molecule has 0 saturated heterocycles. The van der Waals surface area contributed by atoms with Gasteiger partial charge in [-0.25, -0.2) is 9.67 Å². The Morgan fingerprint density at radius 1 is 1.33 bits per heavy atom. The van der Waals surface area contributed by atoms with Gasteiger partial charge in [0.15, 0.2) is 5.69 Å². The molecule has 3 heterocycles. The number of nitrogens with one attached hydrogen (secondary N) is 1. The van der Waals surface area contributed by atoms with Gasteiger partial charge in [-0.2, -0.15) is 10.4 Å². The van der Waals surface area contributed by atoms with Crippen molar-refractivity contribution in [1.82, 2.24) is 19.7 Å². The van der Waals surface area contributed by atoms with E-state index in [4.69, 9.17) is 5.26 Å². The largest absolute Gasteiger partial charge is 0.346 e. The molecule has 6 heteroatoms. The summed E-state index contributed by atoms with van der Waals surface area (Å²) in [6.45, 7) is 0. The van der Waals surface area contributed by atoms with Gasteiger partial charge in [0.25, 0.3) is 0 Å². The van der Waals surface area contributed by atoms with E-state index in [2.05, 4.69) is 31.0 Å². The Morgan fingerprint density at radius 2 is 2.17 bits per heavy atom. The molecule has 0 aliphatic carbocycles. The number of rotatable bonds is 1. The molecule has 0 bridgehead atoms. The van der Waals surface area contributed by atoms with Crippen molar-refractivity contribution in [3.63, 3.8) is 0 Å². The third kappa shape index (κ3) is 2.13. The third-order valence-electron chi connectivity index (χ3n) is 2.39. The average molecular weight is 304 g/mol. The number of pyridine rings is 1. The van der Waals surface area contributed by atoms with E-state index in [9.17, 15) is 0 Å². The van der Waals surface area contributed by atoms with E-state index in [-0.39, 0.29) is 0 Å². The number of halogens is 1. The molecule has 0 aliphatic heterocycles. The van der Waals surface area contributed by atoms with Crippen molar-refractivity contribution < 1.29 is 0 Å². The van der Waals surface area contributed by atoms with E-state index in [1.54, 1.807) is 23.1 Å². The number of aromatic nitrogens is 4. The zero-order chi connectivity index (χ0) is 13.0. The number of hydrogen-bond acceptors (Lipinski definition) is 3. The van der Waals surface area contributed by atoms with Crippen LogP contribution in [0.1, 0.15) is 5.69 Å². The number of nitrogens with zero attached hydrogens (tertiary/aromatic N) is 4. The molecule has 0 fully saturated rings. The summed E-state index contributed by atoms with van der Waals surface area (Å²) in [4.78, 5) is 7.23. The molecule has 3 aromatic heterocycles. The average Bonchev–Trinajstić information content (AvgIpc) is 3.09. The smallest absolute Gasteiger partial charge is 0.162 e. The Morgan fingerprint density at radius 3 is 2.89 bits per heavy atom. The SMILES string of the molecule is CBr.N#Cc1ccn(-c2ccnc3[nH]ccc23)n1. The monoisotopic (exact) mass is 303 g/mol. The topological polar surface area (TPSA) is 70.3 Å². The molecule has 0 spiro atoms. The molecular formula is C12H10BrN5. The first-order chi connectivity index (χ1) is 8.88. The summed E-state index contributed by atoms with van der Waals surface area (Å²) < 4.78 is 1.68. The minimum absolute atomic E-state index is 0.403. The number of hydrogen-bond donors (Lipinski definition) is 1. The van der Waals surface area contributed by atoms with Crippen molar-refractivity contribution in [2.45, 2.75) is 0 Å². The fourth-order valence-electron chi connectivity index (χ4n) is 1.66. The van der Waals surface area contributed by atoms with Gasteiger partial charge < -0.3 is 4.98 Å². The highest BCUT2D eigenvalue weighted by atomic mass is 79.9. The molecule has 0 radical (unpaired) electrons. The lowest BCUT2D eigenvalue weighted by Crippen LogP contribution is -1.96. The van der Waals surface area contributed by atoms with Gasteiger partial charge in [-0.15, -0.1) is 0 Å². The van der Waals surface area contributed by atoms with Crippen LogP contribution in [0.5, 0.6) is 0 Å². The van der Waals surface area contributed by atoms with E-state index in [0.29, 0.717) is 5.69 Å². The third-order valence-corrected chi connectivity index (χ3v) is 2.39. The van der Waals surface area contributed by atoms with Crippen LogP contribution >= 0.6 is 15.9 Å². The number of H-pyrrole nitrogens is 1. The van der Waals surface area contributed by atoms with Crippen LogP contribution < -0.4 is 0 Å². The van der Waals surface area contributed by atoms with E-state index in [1.807, 2.05) is 30.2 Å². The van der Waals surface area contributed by atoms with Crippen molar-refractivity contribution in [1.29, 1.82) is 5.26 Å². The van der Waals surface area contributed by atoms with Crippen LogP contribution in [0.25, 0.3) is 16.7 Å². The number of aromatic amines is 1. The Bertz CT molecular complexity index is 692. The first kappa shape index (κ1) is 12.3. The second kappa shape index (κ2) is 5.47. The van der Waals surface area contributed by atoms with Crippen LogP contribution in [0.3, 0.4) is 0 Å². The molecule has 1 N–H and O–H groups in total. The molecule has 5 nitrogen and oxygen atoms in total. The van der Waals surface area contributed by atoms with Gasteiger partial charge in [0.05, 0.1) is 5.69 Å². The standard InChI is InChI=1S/C11H7N5.CH3Br/c12-7-8-3-6-16(15-8)10-2-5-14-11-9(10)1-4-13-11;1-2/h1-6H,(H,13,14);1H3. The van der Waals surface area contributed by atoms with Crippen LogP contribution in [-0.2, 0) is 0 Å². The zero-order valence-corrected chi connectivity index (χ0v) is 11.2. The number of fused-ring (bicyclic) bond motifs is 1. The summed E-state index contributed by atoms with van der Waals surface area (Å²) in [5, 5.41) is 13.9. The molecule has 0 aliphatic rings. The van der Waals surface area contributed by atoms with Crippen molar-refractivity contribution in [2.75, 3.05) is 5.83 Å². The molecule has 0 unspecified atom stereocenters. The van der Waals surface area contributed by atoms with Crippen LogP contribution in [-0.4, -0.2) is 25.6 Å². The summed E-state index contributed by atoms with van der Waals surface area (Å²) in [6, 6.07) is 7.48. The molecule has 18 heavy (non-hydrogen) atoms. The molecule has 3 rings (SSSR count). The van der Waals surface area contributed by atoms with Gasteiger partial charge in [-0.05, 0) is 24.0 Å². The predicted molar refractivity (Wildman–Crippen MR) is 72.8 cm³/mol. The lowest BCUT2D eigenvalue weighted by atomic mass is 10.3. The normalized spacial score (nSPS) is 9.61. The fraction of sp³-hybridized carbons (Fsp3) is 0.0833. The van der Waals surface area contributed by atoms with Crippen molar-refractivity contribution in [2.24, 2.45) is 0 Å². The van der Waals surface area contributed by atoms with E-state index >= 15 is 0 Å². The molecule has 0 amide bonds. The van der Waals surface area contributed by atoms with Crippen LogP contribution in [0, 0.1) is 11.3 Å². The second-order valence-corrected chi connectivity index (χ2v) is 3.33. The summed E-state index contributed by atoms with van der Waals surface area (Å²) >= 11 is 2.94. The first-order valence-electron chi connectivity index (χ1n) is 5.14. The van der Waals surface area contributed by atoms with Gasteiger partial charge in [0.1, 0.15) is 11.7 Å². The quantitative estimate of drug-likeness (QED) is 0.703. The lowest BCUT2D eigenvalue weighted by Gasteiger charge is -2.01. The van der Waals surface area contributed by atoms with Gasteiger partial charge >= 0.3 is 0 Å². The maximum Gasteiger partial charge on any atom is 0.162 e. The maximum absolute atomic E-state index is 8.73. The summed E-state index contributed by atoms with van der Waals surface area (Å²) in [7, 11) is 0. The van der Waals surface area contributed by atoms with Gasteiger partial charge in [0, 0.05) is 24.0 Å². The molecule has 0 atom stereocenters. The van der Waals surface area contributed by atoms with Gasteiger partial charge in [-0.3, -0.25) is 0 Å². The van der Waals surface area contributed by atoms with Crippen molar-refractivity contribution >= 4 is 27.0 Å². The maximum atomic E-state index is 8.73. The van der Waals surface area contributed by atoms with Crippen LogP contribution in [0.15, 0.2) is 36.8 Å². The lowest BCUT2D eigenvalue weighted by molar-refractivity contribution is 0.879. The van der Waals surface area contributed by atoms with Crippen molar-refractivity contribution in [3.05, 3.63) is 42.5 Å². The highest BCUT2D eigenvalue weighted by Gasteiger charge is 2.06. The number of alkyl halides is 1. The molecule has 0 aromatic carbocycles. The summed E-state index contributed by atoms with van der Waals surface area (Å²) in [5.74, 6) is 1.81. The summed E-state index contributed by atoms with van der Waals surface area (Å²) in [5.41, 5.74) is 2.12. The molecular weight excluding hydrogens is 294 g/mol. The van der Waals surface area contributed by atoms with E-state index in [0.717, 1.165) is 16.7 Å². The van der Waals surface area contributed by atoms with Gasteiger partial charge in [-0.1, -0.05) is 15.9 Å². The Kier molecular flexibility index (Phi) is 3.75. The number of nitriles is 1. The minimum atomic E-state index is 0.403. The highest BCUT2D eigenvalue weighted by molar-refractivity contribution is 9.08. The molecule has 3 aromatic rings. The highest BCUT2D eigenvalue weighted by Crippen LogP contribution is 2.18. The second-order valence-electron chi connectivity index (χ2n) is 3.33. The Labute approximate surface area is 112 Å².